The monoisotopic (exact) mass is 279 g/mol. The van der Waals surface area contributed by atoms with Gasteiger partial charge in [0, 0.05) is 17.1 Å². The van der Waals surface area contributed by atoms with Gasteiger partial charge in [0.1, 0.15) is 5.75 Å². The van der Waals surface area contributed by atoms with Crippen LogP contribution in [0.2, 0.25) is 0 Å². The van der Waals surface area contributed by atoms with Crippen LogP contribution in [-0.2, 0) is 4.79 Å². The number of Topliss-reactive ketones (excluding diaryl/α,β-unsaturated/α-hetero) is 1. The molecule has 0 saturated heterocycles. The topological polar surface area (TPSA) is 59.2 Å². The Hall–Kier alpha value is -2.88. The van der Waals surface area contributed by atoms with Gasteiger partial charge in [-0.05, 0) is 30.7 Å². The molecule has 0 amide bonds. The second kappa shape index (κ2) is 5.25. The predicted molar refractivity (Wildman–Crippen MR) is 79.4 cm³/mol. The van der Waals surface area contributed by atoms with Crippen LogP contribution < -0.4 is 4.74 Å². The molecule has 21 heavy (non-hydrogen) atoms. The zero-order valence-corrected chi connectivity index (χ0v) is 11.4. The largest absolute Gasteiger partial charge is 0.421 e. The number of esters is 1. The molecule has 2 aromatic carbocycles. The van der Waals surface area contributed by atoms with Crippen molar-refractivity contribution in [3.63, 3.8) is 0 Å². The highest BCUT2D eigenvalue weighted by molar-refractivity contribution is 6.43. The molecule has 0 bridgehead atoms. The SMILES string of the molecule is Cc1cccc(OC(=O)C(=O)c2c[nH]c3ccccc23)c1. The van der Waals surface area contributed by atoms with Gasteiger partial charge in [-0.1, -0.05) is 30.3 Å². The summed E-state index contributed by atoms with van der Waals surface area (Å²) in [7, 11) is 0. The number of hydrogen-bond donors (Lipinski definition) is 1. The van der Waals surface area contributed by atoms with Crippen molar-refractivity contribution in [2.75, 3.05) is 0 Å². The summed E-state index contributed by atoms with van der Waals surface area (Å²) in [5.74, 6) is -1.17. The van der Waals surface area contributed by atoms with Gasteiger partial charge in [-0.2, -0.15) is 0 Å². The van der Waals surface area contributed by atoms with Crippen molar-refractivity contribution in [2.45, 2.75) is 6.92 Å². The number of nitrogens with one attached hydrogen (secondary N) is 1. The normalized spacial score (nSPS) is 10.5. The summed E-state index contributed by atoms with van der Waals surface area (Å²) in [4.78, 5) is 27.2. The molecule has 4 nitrogen and oxygen atoms in total. The van der Waals surface area contributed by atoms with Gasteiger partial charge in [-0.3, -0.25) is 4.79 Å². The van der Waals surface area contributed by atoms with Crippen molar-refractivity contribution in [1.82, 2.24) is 4.98 Å². The first-order valence-corrected chi connectivity index (χ1v) is 6.54. The van der Waals surface area contributed by atoms with Crippen molar-refractivity contribution in [3.05, 3.63) is 65.9 Å². The maximum absolute atomic E-state index is 12.2. The Morgan fingerprint density at radius 2 is 1.86 bits per heavy atom. The third kappa shape index (κ3) is 2.56. The number of para-hydroxylation sites is 1. The molecule has 3 rings (SSSR count). The number of carbonyl (C=O) groups is 2. The third-order valence-electron chi connectivity index (χ3n) is 3.22. The molecular weight excluding hydrogens is 266 g/mol. The number of aromatic nitrogens is 1. The van der Waals surface area contributed by atoms with E-state index in [2.05, 4.69) is 4.98 Å². The van der Waals surface area contributed by atoms with Gasteiger partial charge in [0.2, 0.25) is 0 Å². The highest BCUT2D eigenvalue weighted by atomic mass is 16.5. The molecule has 0 spiro atoms. The van der Waals surface area contributed by atoms with E-state index in [0.29, 0.717) is 16.7 Å². The standard InChI is InChI=1S/C17H13NO3/c1-11-5-4-6-12(9-11)21-17(20)16(19)14-10-18-15-8-3-2-7-13(14)15/h2-10,18H,1H3. The Balaban J connectivity index is 1.86. The van der Waals surface area contributed by atoms with E-state index in [1.807, 2.05) is 31.2 Å². The second-order valence-corrected chi connectivity index (χ2v) is 4.78. The minimum atomic E-state index is -0.884. The van der Waals surface area contributed by atoms with Gasteiger partial charge in [0.05, 0.1) is 5.56 Å². The minimum Gasteiger partial charge on any atom is -0.421 e. The number of hydrogen-bond acceptors (Lipinski definition) is 3. The molecule has 0 unspecified atom stereocenters. The van der Waals surface area contributed by atoms with Crippen molar-refractivity contribution in [2.24, 2.45) is 0 Å². The first-order valence-electron chi connectivity index (χ1n) is 6.54. The molecule has 104 valence electrons. The predicted octanol–water partition coefficient (Wildman–Crippen LogP) is 3.26. The molecule has 1 aromatic heterocycles. The Labute approximate surface area is 121 Å². The molecule has 0 atom stereocenters. The lowest BCUT2D eigenvalue weighted by atomic mass is 10.1. The van der Waals surface area contributed by atoms with Crippen molar-refractivity contribution in [3.8, 4) is 5.75 Å². The fourth-order valence-corrected chi connectivity index (χ4v) is 2.20. The Bertz CT molecular complexity index is 833. The van der Waals surface area contributed by atoms with Gasteiger partial charge in [-0.25, -0.2) is 4.79 Å². The van der Waals surface area contributed by atoms with E-state index in [1.54, 1.807) is 24.3 Å². The molecule has 0 aliphatic carbocycles. The Morgan fingerprint density at radius 3 is 2.67 bits per heavy atom. The van der Waals surface area contributed by atoms with E-state index in [0.717, 1.165) is 11.1 Å². The molecular formula is C17H13NO3. The molecule has 1 N–H and O–H groups in total. The zero-order valence-electron chi connectivity index (χ0n) is 11.4. The van der Waals surface area contributed by atoms with Crippen LogP contribution in [0.3, 0.4) is 0 Å². The maximum atomic E-state index is 12.2. The van der Waals surface area contributed by atoms with Crippen molar-refractivity contribution in [1.29, 1.82) is 0 Å². The number of aryl methyl sites for hydroxylation is 1. The van der Waals surface area contributed by atoms with E-state index in [-0.39, 0.29) is 0 Å². The smallest absolute Gasteiger partial charge is 0.385 e. The Morgan fingerprint density at radius 1 is 1.05 bits per heavy atom. The number of aromatic amines is 1. The van der Waals surface area contributed by atoms with E-state index in [4.69, 9.17) is 4.74 Å². The van der Waals surface area contributed by atoms with E-state index < -0.39 is 11.8 Å². The summed E-state index contributed by atoms with van der Waals surface area (Å²) in [5.41, 5.74) is 2.09. The number of fused-ring (bicyclic) bond motifs is 1. The molecule has 0 aliphatic heterocycles. The summed E-state index contributed by atoms with van der Waals surface area (Å²) >= 11 is 0. The third-order valence-corrected chi connectivity index (χ3v) is 3.22. The van der Waals surface area contributed by atoms with Gasteiger partial charge >= 0.3 is 5.97 Å². The number of benzene rings is 2. The first kappa shape index (κ1) is 13.1. The van der Waals surface area contributed by atoms with Gasteiger partial charge in [0.15, 0.2) is 0 Å². The first-order chi connectivity index (χ1) is 10.1. The molecule has 0 fully saturated rings. The van der Waals surface area contributed by atoms with Crippen LogP contribution in [0.4, 0.5) is 0 Å². The summed E-state index contributed by atoms with van der Waals surface area (Å²) in [5, 5.41) is 0.712. The maximum Gasteiger partial charge on any atom is 0.385 e. The summed E-state index contributed by atoms with van der Waals surface area (Å²) in [6.45, 7) is 1.89. The van der Waals surface area contributed by atoms with Crippen LogP contribution in [0.15, 0.2) is 54.7 Å². The van der Waals surface area contributed by atoms with Crippen LogP contribution in [0, 0.1) is 6.92 Å². The molecule has 0 radical (unpaired) electrons. The van der Waals surface area contributed by atoms with Crippen LogP contribution in [-0.4, -0.2) is 16.7 Å². The van der Waals surface area contributed by atoms with E-state index >= 15 is 0 Å². The highest BCUT2D eigenvalue weighted by Gasteiger charge is 2.21. The quantitative estimate of drug-likeness (QED) is 0.346. The number of rotatable bonds is 3. The molecule has 0 aliphatic rings. The average Bonchev–Trinajstić information content (AvgIpc) is 2.90. The lowest BCUT2D eigenvalue weighted by molar-refractivity contribution is -0.129. The van der Waals surface area contributed by atoms with Gasteiger partial charge in [0.25, 0.3) is 5.78 Å². The highest BCUT2D eigenvalue weighted by Crippen LogP contribution is 2.19. The van der Waals surface area contributed by atoms with Crippen molar-refractivity contribution < 1.29 is 14.3 Å². The van der Waals surface area contributed by atoms with Gasteiger partial charge in [-0.15, -0.1) is 0 Å². The lowest BCUT2D eigenvalue weighted by Gasteiger charge is -2.03. The van der Waals surface area contributed by atoms with Crippen LogP contribution in [0.1, 0.15) is 15.9 Å². The molecule has 4 heteroatoms. The Kier molecular flexibility index (Phi) is 3.28. The number of ether oxygens (including phenoxy) is 1. The second-order valence-electron chi connectivity index (χ2n) is 4.78. The average molecular weight is 279 g/mol. The lowest BCUT2D eigenvalue weighted by Crippen LogP contribution is -2.20. The summed E-state index contributed by atoms with van der Waals surface area (Å²) in [6.07, 6.45) is 1.53. The van der Waals surface area contributed by atoms with Gasteiger partial charge < -0.3 is 9.72 Å². The van der Waals surface area contributed by atoms with E-state index in [9.17, 15) is 9.59 Å². The van der Waals surface area contributed by atoms with Crippen LogP contribution in [0.25, 0.3) is 10.9 Å². The number of carbonyl (C=O) groups excluding carboxylic acids is 2. The van der Waals surface area contributed by atoms with E-state index in [1.165, 1.54) is 6.20 Å². The fourth-order valence-electron chi connectivity index (χ4n) is 2.20. The number of ketones is 1. The molecule has 0 saturated carbocycles. The van der Waals surface area contributed by atoms with Crippen LogP contribution >= 0.6 is 0 Å². The molecule has 3 aromatic rings. The summed E-state index contributed by atoms with van der Waals surface area (Å²) < 4.78 is 5.13. The molecule has 1 heterocycles. The fraction of sp³-hybridized carbons (Fsp3) is 0.0588. The zero-order chi connectivity index (χ0) is 14.8. The summed E-state index contributed by atoms with van der Waals surface area (Å²) in [6, 6.07) is 14.3. The van der Waals surface area contributed by atoms with Crippen molar-refractivity contribution >= 4 is 22.7 Å². The minimum absolute atomic E-state index is 0.322. The number of H-pyrrole nitrogens is 1. The van der Waals surface area contributed by atoms with Crippen LogP contribution in [0.5, 0.6) is 5.75 Å².